The van der Waals surface area contributed by atoms with E-state index in [2.05, 4.69) is 15.9 Å². The summed E-state index contributed by atoms with van der Waals surface area (Å²) in [7, 11) is 0. The maximum atomic E-state index is 11.0. The predicted octanol–water partition coefficient (Wildman–Crippen LogP) is 3.49. The van der Waals surface area contributed by atoms with Gasteiger partial charge >= 0.3 is 5.97 Å². The molecule has 0 saturated carbocycles. The Morgan fingerprint density at radius 3 is 2.75 bits per heavy atom. The van der Waals surface area contributed by atoms with Crippen molar-refractivity contribution in [2.75, 3.05) is 6.61 Å². The van der Waals surface area contributed by atoms with Gasteiger partial charge in [-0.25, -0.2) is 4.79 Å². The number of carboxylic acids is 1. The second-order valence-electron chi connectivity index (χ2n) is 3.54. The molecule has 0 bridgehead atoms. The summed E-state index contributed by atoms with van der Waals surface area (Å²) in [4.78, 5) is 11.0. The molecule has 16 heavy (non-hydrogen) atoms. The highest BCUT2D eigenvalue weighted by atomic mass is 79.9. The summed E-state index contributed by atoms with van der Waals surface area (Å²) >= 11 is 3.23. The van der Waals surface area contributed by atoms with Crippen LogP contribution in [0.3, 0.4) is 0 Å². The van der Waals surface area contributed by atoms with Gasteiger partial charge < -0.3 is 9.84 Å². The first kappa shape index (κ1) is 12.8. The van der Waals surface area contributed by atoms with E-state index < -0.39 is 5.97 Å². The summed E-state index contributed by atoms with van der Waals surface area (Å²) < 4.78 is 6.11. The summed E-state index contributed by atoms with van der Waals surface area (Å²) in [6.07, 6.45) is 1.90. The van der Waals surface area contributed by atoms with Crippen LogP contribution < -0.4 is 4.74 Å². The van der Waals surface area contributed by atoms with E-state index in [4.69, 9.17) is 9.84 Å². The summed E-state index contributed by atoms with van der Waals surface area (Å²) in [6.45, 7) is 4.30. The number of aromatic carboxylic acids is 1. The molecule has 3 nitrogen and oxygen atoms in total. The van der Waals surface area contributed by atoms with Crippen molar-refractivity contribution in [2.45, 2.75) is 13.8 Å². The first-order chi connectivity index (χ1) is 7.50. The molecule has 1 aromatic carbocycles. The average molecular weight is 285 g/mol. The van der Waals surface area contributed by atoms with Crippen LogP contribution in [0, 0.1) is 0 Å². The van der Waals surface area contributed by atoms with Gasteiger partial charge in [-0.3, -0.25) is 0 Å². The topological polar surface area (TPSA) is 46.5 Å². The Bertz CT molecular complexity index is 420. The Balaban J connectivity index is 2.87. The zero-order valence-electron chi connectivity index (χ0n) is 9.16. The van der Waals surface area contributed by atoms with Crippen molar-refractivity contribution in [3.63, 3.8) is 0 Å². The van der Waals surface area contributed by atoms with Crippen LogP contribution in [0.4, 0.5) is 0 Å². The minimum atomic E-state index is -0.992. The van der Waals surface area contributed by atoms with Gasteiger partial charge in [-0.1, -0.05) is 21.5 Å². The first-order valence-electron chi connectivity index (χ1n) is 4.79. The number of hydrogen-bond donors (Lipinski definition) is 1. The van der Waals surface area contributed by atoms with E-state index in [9.17, 15) is 4.79 Å². The van der Waals surface area contributed by atoms with Crippen molar-refractivity contribution in [3.05, 3.63) is 39.9 Å². The molecule has 0 aliphatic rings. The fraction of sp³-hybridized carbons (Fsp3) is 0.250. The van der Waals surface area contributed by atoms with Crippen molar-refractivity contribution in [1.29, 1.82) is 0 Å². The summed E-state index contributed by atoms with van der Waals surface area (Å²) in [5.41, 5.74) is 1.30. The van der Waals surface area contributed by atoms with Crippen LogP contribution in [-0.2, 0) is 0 Å². The van der Waals surface area contributed by atoms with Gasteiger partial charge in [0.25, 0.3) is 0 Å². The van der Waals surface area contributed by atoms with E-state index in [1.807, 2.05) is 19.9 Å². The standard InChI is InChI=1S/C12H13BrO3/c1-8(2)5-6-16-11-4-3-9(13)7-10(11)12(14)15/h3-5,7H,6H2,1-2H3,(H,14,15). The van der Waals surface area contributed by atoms with Crippen molar-refractivity contribution in [2.24, 2.45) is 0 Å². The molecule has 0 aromatic heterocycles. The van der Waals surface area contributed by atoms with Crippen molar-refractivity contribution < 1.29 is 14.6 Å². The Labute approximate surface area is 103 Å². The molecule has 0 saturated heterocycles. The summed E-state index contributed by atoms with van der Waals surface area (Å²) in [5.74, 6) is -0.610. The highest BCUT2D eigenvalue weighted by Gasteiger charge is 2.11. The molecule has 0 spiro atoms. The Morgan fingerprint density at radius 1 is 1.50 bits per heavy atom. The van der Waals surface area contributed by atoms with E-state index in [1.165, 1.54) is 6.07 Å². The second kappa shape index (κ2) is 5.70. The van der Waals surface area contributed by atoms with Gasteiger partial charge in [0, 0.05) is 4.47 Å². The molecular weight excluding hydrogens is 272 g/mol. The summed E-state index contributed by atoms with van der Waals surface area (Å²) in [5, 5.41) is 8.98. The van der Waals surface area contributed by atoms with E-state index in [0.29, 0.717) is 12.4 Å². The Kier molecular flexibility index (Phi) is 4.55. The van der Waals surface area contributed by atoms with Crippen molar-refractivity contribution >= 4 is 21.9 Å². The highest BCUT2D eigenvalue weighted by molar-refractivity contribution is 9.10. The molecule has 0 aliphatic carbocycles. The van der Waals surface area contributed by atoms with Gasteiger partial charge in [-0.05, 0) is 38.1 Å². The van der Waals surface area contributed by atoms with Gasteiger partial charge in [0.1, 0.15) is 17.9 Å². The maximum absolute atomic E-state index is 11.0. The van der Waals surface area contributed by atoms with Crippen LogP contribution in [-0.4, -0.2) is 17.7 Å². The van der Waals surface area contributed by atoms with Gasteiger partial charge in [0.15, 0.2) is 0 Å². The minimum Gasteiger partial charge on any atom is -0.489 e. The normalized spacial score (nSPS) is 9.69. The van der Waals surface area contributed by atoms with Crippen molar-refractivity contribution in [3.8, 4) is 5.75 Å². The number of carboxylic acid groups (broad SMARTS) is 1. The number of halogens is 1. The fourth-order valence-corrected chi connectivity index (χ4v) is 1.45. The quantitative estimate of drug-likeness (QED) is 0.861. The van der Waals surface area contributed by atoms with E-state index >= 15 is 0 Å². The molecule has 0 atom stereocenters. The fourth-order valence-electron chi connectivity index (χ4n) is 1.09. The smallest absolute Gasteiger partial charge is 0.339 e. The lowest BCUT2D eigenvalue weighted by Crippen LogP contribution is -2.03. The monoisotopic (exact) mass is 284 g/mol. The average Bonchev–Trinajstić information content (AvgIpc) is 2.19. The van der Waals surface area contributed by atoms with Crippen molar-refractivity contribution in [1.82, 2.24) is 0 Å². The van der Waals surface area contributed by atoms with Gasteiger partial charge in [-0.15, -0.1) is 0 Å². The third-order valence-electron chi connectivity index (χ3n) is 1.90. The molecule has 0 unspecified atom stereocenters. The zero-order chi connectivity index (χ0) is 12.1. The highest BCUT2D eigenvalue weighted by Crippen LogP contribution is 2.23. The third-order valence-corrected chi connectivity index (χ3v) is 2.40. The molecule has 1 N–H and O–H groups in total. The van der Waals surface area contributed by atoms with Crippen LogP contribution >= 0.6 is 15.9 Å². The first-order valence-corrected chi connectivity index (χ1v) is 5.59. The molecule has 0 fully saturated rings. The molecular formula is C12H13BrO3. The lowest BCUT2D eigenvalue weighted by Gasteiger charge is -2.07. The number of ether oxygens (including phenoxy) is 1. The third kappa shape index (κ3) is 3.70. The van der Waals surface area contributed by atoms with Crippen LogP contribution in [0.15, 0.2) is 34.3 Å². The molecule has 1 aromatic rings. The summed E-state index contributed by atoms with van der Waals surface area (Å²) in [6, 6.07) is 4.93. The predicted molar refractivity (Wildman–Crippen MR) is 66.0 cm³/mol. The second-order valence-corrected chi connectivity index (χ2v) is 4.45. The van der Waals surface area contributed by atoms with Gasteiger partial charge in [0.2, 0.25) is 0 Å². The lowest BCUT2D eigenvalue weighted by molar-refractivity contribution is 0.0692. The minimum absolute atomic E-state index is 0.163. The van der Waals surface area contributed by atoms with Gasteiger partial charge in [0.05, 0.1) is 0 Å². The van der Waals surface area contributed by atoms with Crippen LogP contribution in [0.25, 0.3) is 0 Å². The number of benzene rings is 1. The van der Waals surface area contributed by atoms with E-state index in [-0.39, 0.29) is 5.56 Å². The molecule has 0 heterocycles. The number of rotatable bonds is 4. The van der Waals surface area contributed by atoms with E-state index in [0.717, 1.165) is 10.0 Å². The molecule has 0 radical (unpaired) electrons. The molecule has 0 aliphatic heterocycles. The largest absolute Gasteiger partial charge is 0.489 e. The number of allylic oxidation sites excluding steroid dienone is 1. The van der Waals surface area contributed by atoms with Crippen LogP contribution in [0.2, 0.25) is 0 Å². The molecule has 1 rings (SSSR count). The molecule has 86 valence electrons. The zero-order valence-corrected chi connectivity index (χ0v) is 10.7. The SMILES string of the molecule is CC(C)=CCOc1ccc(Br)cc1C(=O)O. The Hall–Kier alpha value is -1.29. The molecule has 4 heteroatoms. The molecule has 0 amide bonds. The van der Waals surface area contributed by atoms with Crippen LogP contribution in [0.5, 0.6) is 5.75 Å². The van der Waals surface area contributed by atoms with Gasteiger partial charge in [-0.2, -0.15) is 0 Å². The Morgan fingerprint density at radius 2 is 2.19 bits per heavy atom. The van der Waals surface area contributed by atoms with Crippen LogP contribution in [0.1, 0.15) is 24.2 Å². The maximum Gasteiger partial charge on any atom is 0.339 e. The lowest BCUT2D eigenvalue weighted by atomic mass is 10.2. The van der Waals surface area contributed by atoms with E-state index in [1.54, 1.807) is 12.1 Å². The number of hydrogen-bond acceptors (Lipinski definition) is 2. The number of carbonyl (C=O) groups is 1.